The molecule has 29 heavy (non-hydrogen) atoms. The third kappa shape index (κ3) is 4.01. The smallest absolute Gasteiger partial charge is 0.326 e. The van der Waals surface area contributed by atoms with Crippen LogP contribution in [0.3, 0.4) is 0 Å². The molecule has 1 aromatic carbocycles. The van der Waals surface area contributed by atoms with Crippen LogP contribution in [0.4, 0.5) is 0 Å². The van der Waals surface area contributed by atoms with Crippen molar-refractivity contribution in [1.82, 2.24) is 14.5 Å². The van der Waals surface area contributed by atoms with Crippen LogP contribution in [-0.4, -0.2) is 45.8 Å². The number of rotatable bonds is 2. The highest BCUT2D eigenvalue weighted by atomic mass is 35.5. The van der Waals surface area contributed by atoms with Gasteiger partial charge >= 0.3 is 5.69 Å². The summed E-state index contributed by atoms with van der Waals surface area (Å²) in [6.45, 7) is 5.27. The highest BCUT2D eigenvalue weighted by Gasteiger charge is 2.39. The first-order valence-corrected chi connectivity index (χ1v) is 11.2. The van der Waals surface area contributed by atoms with Crippen molar-refractivity contribution >= 4 is 23.4 Å². The van der Waals surface area contributed by atoms with Crippen LogP contribution in [0.15, 0.2) is 23.0 Å². The van der Waals surface area contributed by atoms with Crippen molar-refractivity contribution in [2.45, 2.75) is 82.4 Å². The van der Waals surface area contributed by atoms with Gasteiger partial charge in [-0.25, -0.2) is 4.79 Å². The first kappa shape index (κ1) is 21.0. The number of aromatic nitrogens is 2. The van der Waals surface area contributed by atoms with Crippen molar-refractivity contribution in [2.24, 2.45) is 0 Å². The highest BCUT2D eigenvalue weighted by Crippen LogP contribution is 2.40. The van der Waals surface area contributed by atoms with Gasteiger partial charge < -0.3 is 14.6 Å². The zero-order valence-corrected chi connectivity index (χ0v) is 18.3. The number of H-pyrrole nitrogens is 1. The maximum absolute atomic E-state index is 12.6. The van der Waals surface area contributed by atoms with Crippen LogP contribution in [0, 0.1) is 6.92 Å². The average Bonchev–Trinajstić information content (AvgIpc) is 3.04. The largest absolute Gasteiger partial charge is 0.375 e. The van der Waals surface area contributed by atoms with Crippen LogP contribution in [0.2, 0.25) is 0 Å². The van der Waals surface area contributed by atoms with E-state index in [-0.39, 0.29) is 23.7 Å². The Morgan fingerprint density at radius 3 is 2.48 bits per heavy atom. The molecule has 0 radical (unpaired) electrons. The van der Waals surface area contributed by atoms with Crippen molar-refractivity contribution in [3.8, 4) is 0 Å². The minimum atomic E-state index is 0. The van der Waals surface area contributed by atoms with Crippen molar-refractivity contribution in [2.75, 3.05) is 19.7 Å². The SMILES string of the molecule is Cc1ccc2[nH]c(=O)n(C3CCN(C4CCC5(CCCCO5)CC4)CC3)c2c1.Cl. The van der Waals surface area contributed by atoms with Crippen LogP contribution in [0.1, 0.15) is 69.4 Å². The van der Waals surface area contributed by atoms with Gasteiger partial charge in [0.1, 0.15) is 0 Å². The monoisotopic (exact) mass is 419 g/mol. The molecule has 6 heteroatoms. The normalized spacial score (nSPS) is 29.2. The van der Waals surface area contributed by atoms with Gasteiger partial charge in [-0.3, -0.25) is 4.57 Å². The molecular formula is C23H34ClN3O2. The lowest BCUT2D eigenvalue weighted by Crippen LogP contribution is -2.48. The molecule has 0 bridgehead atoms. The van der Waals surface area contributed by atoms with Gasteiger partial charge in [0, 0.05) is 31.8 Å². The van der Waals surface area contributed by atoms with Gasteiger partial charge in [-0.05, 0) is 82.4 Å². The van der Waals surface area contributed by atoms with E-state index in [1.807, 2.05) is 10.6 Å². The Morgan fingerprint density at radius 1 is 1.03 bits per heavy atom. The Morgan fingerprint density at radius 2 is 1.79 bits per heavy atom. The standard InChI is InChI=1S/C23H33N3O2.ClH/c1-17-4-5-20-21(16-17)26(22(27)24-20)19-8-13-25(14-9-19)18-6-11-23(12-7-18)10-2-3-15-28-23;/h4-5,16,18-19H,2-3,6-15H2,1H3,(H,24,27);1H. The topological polar surface area (TPSA) is 50.3 Å². The lowest BCUT2D eigenvalue weighted by Gasteiger charge is -2.46. The summed E-state index contributed by atoms with van der Waals surface area (Å²) >= 11 is 0. The quantitative estimate of drug-likeness (QED) is 0.775. The van der Waals surface area contributed by atoms with Gasteiger partial charge in [0.25, 0.3) is 0 Å². The summed E-state index contributed by atoms with van der Waals surface area (Å²) in [7, 11) is 0. The number of fused-ring (bicyclic) bond motifs is 1. The molecule has 0 unspecified atom stereocenters. The van der Waals surface area contributed by atoms with E-state index >= 15 is 0 Å². The summed E-state index contributed by atoms with van der Waals surface area (Å²) in [4.78, 5) is 18.3. The molecular weight excluding hydrogens is 386 g/mol. The summed E-state index contributed by atoms with van der Waals surface area (Å²) < 4.78 is 8.23. The predicted octanol–water partition coefficient (Wildman–Crippen LogP) is 4.58. The van der Waals surface area contributed by atoms with Crippen molar-refractivity contribution < 1.29 is 4.74 Å². The first-order chi connectivity index (χ1) is 13.6. The zero-order chi connectivity index (χ0) is 19.1. The second-order valence-corrected chi connectivity index (χ2v) is 9.31. The molecule has 5 nitrogen and oxygen atoms in total. The zero-order valence-electron chi connectivity index (χ0n) is 17.5. The molecule has 5 rings (SSSR count). The number of aromatic amines is 1. The number of piperidine rings is 1. The number of benzene rings is 1. The van der Waals surface area contributed by atoms with Crippen LogP contribution < -0.4 is 5.69 Å². The molecule has 3 aliphatic rings. The van der Waals surface area contributed by atoms with E-state index in [9.17, 15) is 4.79 Å². The van der Waals surface area contributed by atoms with Gasteiger partial charge in [0.15, 0.2) is 0 Å². The molecule has 2 aliphatic heterocycles. The Balaban J connectivity index is 0.00000205. The minimum absolute atomic E-state index is 0. The maximum Gasteiger partial charge on any atom is 0.326 e. The van der Waals surface area contributed by atoms with E-state index in [4.69, 9.17) is 4.74 Å². The number of imidazole rings is 1. The Bertz CT molecular complexity index is 881. The number of nitrogens with one attached hydrogen (secondary N) is 1. The first-order valence-electron chi connectivity index (χ1n) is 11.2. The van der Waals surface area contributed by atoms with Crippen LogP contribution in [0.5, 0.6) is 0 Å². The van der Waals surface area contributed by atoms with E-state index in [1.54, 1.807) is 0 Å². The van der Waals surface area contributed by atoms with Crippen molar-refractivity contribution in [3.63, 3.8) is 0 Å². The lowest BCUT2D eigenvalue weighted by molar-refractivity contribution is -0.110. The van der Waals surface area contributed by atoms with Gasteiger partial charge in [0.05, 0.1) is 16.6 Å². The number of hydrogen-bond acceptors (Lipinski definition) is 3. The van der Waals surface area contributed by atoms with Crippen molar-refractivity contribution in [3.05, 3.63) is 34.2 Å². The number of halogens is 1. The Kier molecular flexibility index (Phi) is 6.10. The van der Waals surface area contributed by atoms with E-state index in [0.717, 1.165) is 43.6 Å². The van der Waals surface area contributed by atoms with Crippen LogP contribution >= 0.6 is 12.4 Å². The highest BCUT2D eigenvalue weighted by molar-refractivity contribution is 5.85. The molecule has 3 heterocycles. The summed E-state index contributed by atoms with van der Waals surface area (Å²) in [5.74, 6) is 0. The number of aryl methyl sites for hydroxylation is 1. The average molecular weight is 420 g/mol. The van der Waals surface area contributed by atoms with Gasteiger partial charge in [-0.1, -0.05) is 6.07 Å². The number of hydrogen-bond donors (Lipinski definition) is 1. The molecule has 1 N–H and O–H groups in total. The number of ether oxygens (including phenoxy) is 1. The van der Waals surface area contributed by atoms with Gasteiger partial charge in [-0.15, -0.1) is 12.4 Å². The van der Waals surface area contributed by atoms with Crippen molar-refractivity contribution in [1.29, 1.82) is 0 Å². The molecule has 1 aliphatic carbocycles. The molecule has 0 amide bonds. The number of nitrogens with zero attached hydrogens (tertiary/aromatic N) is 2. The predicted molar refractivity (Wildman–Crippen MR) is 119 cm³/mol. The van der Waals surface area contributed by atoms with Crippen LogP contribution in [-0.2, 0) is 4.74 Å². The molecule has 3 fully saturated rings. The Labute approximate surface area is 179 Å². The fourth-order valence-corrected chi connectivity index (χ4v) is 5.90. The van der Waals surface area contributed by atoms with E-state index in [0.29, 0.717) is 12.1 Å². The van der Waals surface area contributed by atoms with Gasteiger partial charge in [0.2, 0.25) is 0 Å². The summed E-state index contributed by atoms with van der Waals surface area (Å²) in [6.07, 6.45) is 11.0. The fourth-order valence-electron chi connectivity index (χ4n) is 5.90. The third-order valence-corrected chi connectivity index (χ3v) is 7.56. The molecule has 1 saturated carbocycles. The summed E-state index contributed by atoms with van der Waals surface area (Å²) in [6, 6.07) is 7.26. The Hall–Kier alpha value is -1.30. The fraction of sp³-hybridized carbons (Fsp3) is 0.696. The molecule has 160 valence electrons. The molecule has 1 aromatic heterocycles. The van der Waals surface area contributed by atoms with E-state index in [2.05, 4.69) is 28.9 Å². The van der Waals surface area contributed by atoms with Crippen LogP contribution in [0.25, 0.3) is 11.0 Å². The molecule has 0 atom stereocenters. The minimum Gasteiger partial charge on any atom is -0.375 e. The number of likely N-dealkylation sites (tertiary alicyclic amines) is 1. The van der Waals surface area contributed by atoms with E-state index < -0.39 is 0 Å². The lowest BCUT2D eigenvalue weighted by atomic mass is 9.77. The summed E-state index contributed by atoms with van der Waals surface area (Å²) in [5, 5.41) is 0. The second-order valence-electron chi connectivity index (χ2n) is 9.31. The van der Waals surface area contributed by atoms with Gasteiger partial charge in [-0.2, -0.15) is 0 Å². The maximum atomic E-state index is 12.6. The molecule has 2 saturated heterocycles. The molecule has 1 spiro atoms. The van der Waals surface area contributed by atoms with E-state index in [1.165, 1.54) is 50.5 Å². The second kappa shape index (κ2) is 8.44. The summed E-state index contributed by atoms with van der Waals surface area (Å²) in [5.41, 5.74) is 3.50. The third-order valence-electron chi connectivity index (χ3n) is 7.56. The molecule has 2 aromatic rings.